The third-order valence-corrected chi connectivity index (χ3v) is 2.92. The normalized spacial score (nSPS) is 11.3. The number of carbonyl (C=O) groups is 1. The van der Waals surface area contributed by atoms with Gasteiger partial charge in [-0.3, -0.25) is 19.6 Å². The molecule has 0 aliphatic carbocycles. The average molecular weight is 283 g/mol. The Morgan fingerprint density at radius 1 is 1.45 bits per heavy atom. The van der Waals surface area contributed by atoms with Crippen molar-refractivity contribution < 1.29 is 9.72 Å². The van der Waals surface area contributed by atoms with E-state index in [1.807, 2.05) is 0 Å². The molecule has 1 heterocycles. The number of nitrogens with zero attached hydrogens (tertiary/aromatic N) is 3. The molecule has 8 heteroatoms. The summed E-state index contributed by atoms with van der Waals surface area (Å²) in [6.45, 7) is 7.50. The van der Waals surface area contributed by atoms with E-state index in [-0.39, 0.29) is 11.6 Å². The molecular formula is C12H21N5O3. The van der Waals surface area contributed by atoms with Gasteiger partial charge in [0.1, 0.15) is 17.9 Å². The number of hydrogen-bond donors (Lipinski definition) is 2. The van der Waals surface area contributed by atoms with E-state index in [1.165, 1.54) is 10.9 Å². The molecule has 0 aliphatic rings. The molecule has 0 aliphatic heterocycles. The van der Waals surface area contributed by atoms with Crippen molar-refractivity contribution >= 4 is 11.6 Å². The summed E-state index contributed by atoms with van der Waals surface area (Å²) >= 11 is 0. The SMILES string of the molecule is CCCNCCNC(=O)C(C)(C)n1cc([N+](=O)[O-])cn1. The van der Waals surface area contributed by atoms with Crippen molar-refractivity contribution in [1.82, 2.24) is 20.4 Å². The minimum Gasteiger partial charge on any atom is -0.353 e. The van der Waals surface area contributed by atoms with Crippen LogP contribution in [0.2, 0.25) is 0 Å². The van der Waals surface area contributed by atoms with Crippen molar-refractivity contribution in [1.29, 1.82) is 0 Å². The van der Waals surface area contributed by atoms with Gasteiger partial charge in [-0.15, -0.1) is 0 Å². The minimum atomic E-state index is -0.973. The Balaban J connectivity index is 2.57. The summed E-state index contributed by atoms with van der Waals surface area (Å²) in [7, 11) is 0. The molecule has 0 atom stereocenters. The number of hydrogen-bond acceptors (Lipinski definition) is 5. The van der Waals surface area contributed by atoms with Gasteiger partial charge in [-0.1, -0.05) is 6.92 Å². The van der Waals surface area contributed by atoms with E-state index >= 15 is 0 Å². The first-order valence-electron chi connectivity index (χ1n) is 6.58. The van der Waals surface area contributed by atoms with Gasteiger partial charge < -0.3 is 10.6 Å². The predicted molar refractivity (Wildman–Crippen MR) is 74.4 cm³/mol. The summed E-state index contributed by atoms with van der Waals surface area (Å²) in [5.74, 6) is -0.228. The second kappa shape index (κ2) is 6.99. The van der Waals surface area contributed by atoms with E-state index in [0.29, 0.717) is 13.1 Å². The lowest BCUT2D eigenvalue weighted by Gasteiger charge is -2.23. The van der Waals surface area contributed by atoms with Gasteiger partial charge in [-0.05, 0) is 26.8 Å². The second-order valence-electron chi connectivity index (χ2n) is 4.97. The van der Waals surface area contributed by atoms with E-state index in [1.54, 1.807) is 13.8 Å². The lowest BCUT2D eigenvalue weighted by atomic mass is 10.1. The van der Waals surface area contributed by atoms with Gasteiger partial charge in [0.05, 0.1) is 4.92 Å². The van der Waals surface area contributed by atoms with Crippen LogP contribution in [-0.4, -0.2) is 40.2 Å². The van der Waals surface area contributed by atoms with Crippen molar-refractivity contribution in [3.63, 3.8) is 0 Å². The zero-order chi connectivity index (χ0) is 15.2. The molecule has 0 radical (unpaired) electrons. The number of nitrogens with one attached hydrogen (secondary N) is 2. The molecule has 0 fully saturated rings. The van der Waals surface area contributed by atoms with Gasteiger partial charge in [-0.25, -0.2) is 0 Å². The van der Waals surface area contributed by atoms with Crippen LogP contribution in [0.15, 0.2) is 12.4 Å². The van der Waals surface area contributed by atoms with Crippen LogP contribution < -0.4 is 10.6 Å². The highest BCUT2D eigenvalue weighted by Crippen LogP contribution is 2.18. The molecule has 0 unspecified atom stereocenters. The summed E-state index contributed by atoms with van der Waals surface area (Å²) in [6.07, 6.45) is 3.43. The van der Waals surface area contributed by atoms with Gasteiger partial charge in [0.2, 0.25) is 5.91 Å². The van der Waals surface area contributed by atoms with Gasteiger partial charge >= 0.3 is 5.69 Å². The zero-order valence-electron chi connectivity index (χ0n) is 12.0. The van der Waals surface area contributed by atoms with E-state index in [9.17, 15) is 14.9 Å². The Morgan fingerprint density at radius 3 is 2.70 bits per heavy atom. The van der Waals surface area contributed by atoms with Crippen molar-refractivity contribution in [2.75, 3.05) is 19.6 Å². The molecule has 1 amide bonds. The maximum Gasteiger partial charge on any atom is 0.307 e. The fourth-order valence-corrected chi connectivity index (χ4v) is 1.60. The maximum atomic E-state index is 12.1. The highest BCUT2D eigenvalue weighted by atomic mass is 16.6. The highest BCUT2D eigenvalue weighted by Gasteiger charge is 2.31. The summed E-state index contributed by atoms with van der Waals surface area (Å²) in [6, 6.07) is 0. The second-order valence-corrected chi connectivity index (χ2v) is 4.97. The van der Waals surface area contributed by atoms with E-state index in [4.69, 9.17) is 0 Å². The Labute approximate surface area is 117 Å². The molecule has 20 heavy (non-hydrogen) atoms. The molecule has 8 nitrogen and oxygen atoms in total. The molecular weight excluding hydrogens is 262 g/mol. The number of amides is 1. The largest absolute Gasteiger partial charge is 0.353 e. The lowest BCUT2D eigenvalue weighted by molar-refractivity contribution is -0.385. The van der Waals surface area contributed by atoms with Gasteiger partial charge in [0.15, 0.2) is 0 Å². The molecule has 1 rings (SSSR count). The topological polar surface area (TPSA) is 102 Å². The Kier molecular flexibility index (Phi) is 5.63. The minimum absolute atomic E-state index is 0.129. The van der Waals surface area contributed by atoms with Crippen LogP contribution in [0.25, 0.3) is 0 Å². The number of rotatable bonds is 8. The summed E-state index contributed by atoms with van der Waals surface area (Å²) in [5.41, 5.74) is -1.10. The van der Waals surface area contributed by atoms with E-state index in [2.05, 4.69) is 22.7 Å². The Hall–Kier alpha value is -1.96. The number of aromatic nitrogens is 2. The third-order valence-electron chi connectivity index (χ3n) is 2.92. The van der Waals surface area contributed by atoms with Crippen LogP contribution in [0.5, 0.6) is 0 Å². The lowest BCUT2D eigenvalue weighted by Crippen LogP contribution is -2.46. The third kappa shape index (κ3) is 4.02. The molecule has 0 saturated heterocycles. The monoisotopic (exact) mass is 283 g/mol. The standard InChI is InChI=1S/C12H21N5O3/c1-4-5-13-6-7-14-11(18)12(2,3)16-9-10(8-15-16)17(19)20/h8-9,13H,4-7H2,1-3H3,(H,14,18). The molecule has 0 aromatic carbocycles. The molecule has 0 saturated carbocycles. The Morgan fingerprint density at radius 2 is 2.15 bits per heavy atom. The summed E-state index contributed by atoms with van der Waals surface area (Å²) in [5, 5.41) is 20.5. The highest BCUT2D eigenvalue weighted by molar-refractivity contribution is 5.83. The summed E-state index contributed by atoms with van der Waals surface area (Å²) < 4.78 is 1.31. The van der Waals surface area contributed by atoms with Crippen LogP contribution in [0.1, 0.15) is 27.2 Å². The zero-order valence-corrected chi connectivity index (χ0v) is 12.0. The molecule has 0 spiro atoms. The number of nitro groups is 1. The first kappa shape index (κ1) is 16.1. The average Bonchev–Trinajstić information content (AvgIpc) is 2.88. The number of carbonyl (C=O) groups excluding carboxylic acids is 1. The first-order chi connectivity index (χ1) is 9.39. The fraction of sp³-hybridized carbons (Fsp3) is 0.667. The fourth-order valence-electron chi connectivity index (χ4n) is 1.60. The van der Waals surface area contributed by atoms with Crippen LogP contribution in [-0.2, 0) is 10.3 Å². The molecule has 2 N–H and O–H groups in total. The predicted octanol–water partition coefficient (Wildman–Crippen LogP) is 0.642. The first-order valence-corrected chi connectivity index (χ1v) is 6.58. The molecule has 1 aromatic heterocycles. The van der Waals surface area contributed by atoms with Gasteiger partial charge in [-0.2, -0.15) is 5.10 Å². The maximum absolute atomic E-state index is 12.1. The van der Waals surface area contributed by atoms with Crippen LogP contribution in [0, 0.1) is 10.1 Å². The van der Waals surface area contributed by atoms with E-state index < -0.39 is 10.5 Å². The molecule has 112 valence electrons. The van der Waals surface area contributed by atoms with Crippen LogP contribution in [0.3, 0.4) is 0 Å². The van der Waals surface area contributed by atoms with Gasteiger partial charge in [0, 0.05) is 13.1 Å². The Bertz CT molecular complexity index is 469. The molecule has 1 aromatic rings. The van der Waals surface area contributed by atoms with Crippen molar-refractivity contribution in [2.45, 2.75) is 32.7 Å². The quantitative estimate of drug-likeness (QED) is 0.414. The van der Waals surface area contributed by atoms with Crippen molar-refractivity contribution in [3.8, 4) is 0 Å². The summed E-state index contributed by atoms with van der Waals surface area (Å²) in [4.78, 5) is 22.2. The molecule has 0 bridgehead atoms. The van der Waals surface area contributed by atoms with Crippen LogP contribution in [0.4, 0.5) is 5.69 Å². The van der Waals surface area contributed by atoms with Crippen molar-refractivity contribution in [3.05, 3.63) is 22.5 Å². The van der Waals surface area contributed by atoms with Gasteiger partial charge in [0.25, 0.3) is 0 Å². The van der Waals surface area contributed by atoms with Crippen LogP contribution >= 0.6 is 0 Å². The van der Waals surface area contributed by atoms with Crippen molar-refractivity contribution in [2.24, 2.45) is 0 Å². The van der Waals surface area contributed by atoms with E-state index in [0.717, 1.165) is 19.2 Å². The smallest absolute Gasteiger partial charge is 0.307 e.